The van der Waals surface area contributed by atoms with Gasteiger partial charge >= 0.3 is 12.3 Å². The van der Waals surface area contributed by atoms with E-state index in [0.29, 0.717) is 24.9 Å². The predicted octanol–water partition coefficient (Wildman–Crippen LogP) is 3.67. The van der Waals surface area contributed by atoms with Crippen molar-refractivity contribution in [1.82, 2.24) is 20.1 Å². The summed E-state index contributed by atoms with van der Waals surface area (Å²) >= 11 is 0. The summed E-state index contributed by atoms with van der Waals surface area (Å²) < 4.78 is 45.3. The first kappa shape index (κ1) is 19.2. The van der Waals surface area contributed by atoms with Crippen molar-refractivity contribution in [2.75, 3.05) is 0 Å². The van der Waals surface area contributed by atoms with E-state index in [2.05, 4.69) is 15.4 Å². The number of halogens is 3. The number of hydrogen-bond acceptors (Lipinski definition) is 4. The van der Waals surface area contributed by atoms with Gasteiger partial charge in [0.1, 0.15) is 11.3 Å². The Hall–Kier alpha value is -2.58. The molecule has 0 bridgehead atoms. The molecule has 6 nitrogen and oxygen atoms in total. The monoisotopic (exact) mass is 382 g/mol. The summed E-state index contributed by atoms with van der Waals surface area (Å²) in [6, 6.07) is 2.34. The fourth-order valence-electron chi connectivity index (χ4n) is 2.95. The number of carbonyl (C=O) groups excluding carboxylic acids is 1. The highest BCUT2D eigenvalue weighted by Gasteiger charge is 2.33. The van der Waals surface area contributed by atoms with Gasteiger partial charge in [-0.2, -0.15) is 18.3 Å². The van der Waals surface area contributed by atoms with Crippen molar-refractivity contribution in [1.29, 1.82) is 0 Å². The van der Waals surface area contributed by atoms with E-state index >= 15 is 0 Å². The number of fused-ring (bicyclic) bond motifs is 1. The van der Waals surface area contributed by atoms with Crippen molar-refractivity contribution < 1.29 is 22.7 Å². The van der Waals surface area contributed by atoms with Gasteiger partial charge in [0.15, 0.2) is 0 Å². The van der Waals surface area contributed by atoms with Gasteiger partial charge in [0, 0.05) is 18.4 Å². The average Bonchev–Trinajstić information content (AvgIpc) is 2.95. The minimum Gasteiger partial charge on any atom is -0.444 e. The second-order valence-electron chi connectivity index (χ2n) is 7.53. The number of alkyl carbamates (subject to hydrolysis) is 1. The van der Waals surface area contributed by atoms with E-state index in [9.17, 15) is 18.0 Å². The van der Waals surface area contributed by atoms with Gasteiger partial charge in [-0.15, -0.1) is 0 Å². The second kappa shape index (κ2) is 6.86. The van der Waals surface area contributed by atoms with Crippen LogP contribution in [0.15, 0.2) is 24.5 Å². The topological polar surface area (TPSA) is 69.0 Å². The van der Waals surface area contributed by atoms with Gasteiger partial charge in [0.05, 0.1) is 11.4 Å². The highest BCUT2D eigenvalue weighted by atomic mass is 19.4. The molecule has 0 aromatic carbocycles. The standard InChI is InChI=1S/C18H21F3N4O2/c1-17(2,3)27-16(26)23-12-4-5-14-11(8-12)10-25(24-14)13-6-7-22-15(9-13)18(19,20)21/h6-7,9-10,12H,4-5,8H2,1-3H3,(H,23,26). The normalized spacial score (nSPS) is 17.3. The molecule has 27 heavy (non-hydrogen) atoms. The molecule has 1 aliphatic carbocycles. The quantitative estimate of drug-likeness (QED) is 0.861. The molecule has 3 rings (SSSR count). The molecule has 1 unspecified atom stereocenters. The molecule has 1 atom stereocenters. The molecule has 1 amide bonds. The fourth-order valence-corrected chi connectivity index (χ4v) is 2.95. The Morgan fingerprint density at radius 1 is 1.33 bits per heavy atom. The number of pyridine rings is 1. The number of nitrogens with one attached hydrogen (secondary N) is 1. The van der Waals surface area contributed by atoms with E-state index in [-0.39, 0.29) is 6.04 Å². The molecule has 0 saturated carbocycles. The molecule has 146 valence electrons. The molecule has 0 fully saturated rings. The molecule has 2 heterocycles. The van der Waals surface area contributed by atoms with Crippen molar-refractivity contribution in [3.8, 4) is 5.69 Å². The lowest BCUT2D eigenvalue weighted by Crippen LogP contribution is -2.41. The van der Waals surface area contributed by atoms with Gasteiger partial charge in [-0.05, 0) is 57.7 Å². The molecule has 0 spiro atoms. The average molecular weight is 382 g/mol. The zero-order chi connectivity index (χ0) is 19.8. The van der Waals surface area contributed by atoms with Crippen molar-refractivity contribution in [2.24, 2.45) is 0 Å². The van der Waals surface area contributed by atoms with Gasteiger partial charge in [-0.25, -0.2) is 9.48 Å². The van der Waals surface area contributed by atoms with Crippen LogP contribution in [0.4, 0.5) is 18.0 Å². The lowest BCUT2D eigenvalue weighted by molar-refractivity contribution is -0.141. The van der Waals surface area contributed by atoms with Crippen LogP contribution >= 0.6 is 0 Å². The summed E-state index contributed by atoms with van der Waals surface area (Å²) in [6.45, 7) is 5.37. The van der Waals surface area contributed by atoms with Crippen molar-refractivity contribution in [2.45, 2.75) is 57.9 Å². The largest absolute Gasteiger partial charge is 0.444 e. The maximum Gasteiger partial charge on any atom is 0.433 e. The molecule has 0 aliphatic heterocycles. The Morgan fingerprint density at radius 2 is 2.07 bits per heavy atom. The van der Waals surface area contributed by atoms with E-state index < -0.39 is 23.6 Å². The summed E-state index contributed by atoms with van der Waals surface area (Å²) in [7, 11) is 0. The third-order valence-electron chi connectivity index (χ3n) is 4.09. The maximum absolute atomic E-state index is 12.9. The number of alkyl halides is 3. The zero-order valence-corrected chi connectivity index (χ0v) is 15.3. The smallest absolute Gasteiger partial charge is 0.433 e. The van der Waals surface area contributed by atoms with Crippen LogP contribution in [-0.2, 0) is 23.8 Å². The number of aryl methyl sites for hydroxylation is 1. The summed E-state index contributed by atoms with van der Waals surface area (Å²) in [5.74, 6) is 0. The molecular formula is C18H21F3N4O2. The Kier molecular flexibility index (Phi) is 4.88. The Labute approximate surface area is 154 Å². The Morgan fingerprint density at radius 3 is 2.74 bits per heavy atom. The van der Waals surface area contributed by atoms with Gasteiger partial charge < -0.3 is 10.1 Å². The van der Waals surface area contributed by atoms with Crippen LogP contribution in [-0.4, -0.2) is 32.5 Å². The van der Waals surface area contributed by atoms with E-state index in [1.807, 2.05) is 0 Å². The van der Waals surface area contributed by atoms with Crippen LogP contribution < -0.4 is 5.32 Å². The SMILES string of the molecule is CC(C)(C)OC(=O)NC1CCc2nn(-c3ccnc(C(F)(F)F)c3)cc2C1. The number of carbonyl (C=O) groups is 1. The molecule has 1 aliphatic rings. The number of hydrogen-bond donors (Lipinski definition) is 1. The second-order valence-corrected chi connectivity index (χ2v) is 7.53. The van der Waals surface area contributed by atoms with Crippen LogP contribution in [0.3, 0.4) is 0 Å². The van der Waals surface area contributed by atoms with E-state index in [4.69, 9.17) is 4.74 Å². The third-order valence-corrected chi connectivity index (χ3v) is 4.09. The van der Waals surface area contributed by atoms with Crippen molar-refractivity contribution in [3.05, 3.63) is 41.5 Å². The van der Waals surface area contributed by atoms with Crippen LogP contribution in [0, 0.1) is 0 Å². The summed E-state index contributed by atoms with van der Waals surface area (Å²) in [4.78, 5) is 15.3. The number of amides is 1. The minimum absolute atomic E-state index is 0.104. The lowest BCUT2D eigenvalue weighted by atomic mass is 9.94. The van der Waals surface area contributed by atoms with Crippen LogP contribution in [0.25, 0.3) is 5.69 Å². The molecule has 0 radical (unpaired) electrons. The van der Waals surface area contributed by atoms with Crippen LogP contribution in [0.1, 0.15) is 44.1 Å². The van der Waals surface area contributed by atoms with E-state index in [0.717, 1.165) is 23.5 Å². The number of aromatic nitrogens is 3. The minimum atomic E-state index is -4.51. The number of rotatable bonds is 2. The van der Waals surface area contributed by atoms with Gasteiger partial charge in [0.2, 0.25) is 0 Å². The first-order valence-electron chi connectivity index (χ1n) is 8.62. The molecule has 0 saturated heterocycles. The highest BCUT2D eigenvalue weighted by molar-refractivity contribution is 5.68. The number of ether oxygens (including phenoxy) is 1. The van der Waals surface area contributed by atoms with Crippen molar-refractivity contribution >= 4 is 6.09 Å². The highest BCUT2D eigenvalue weighted by Crippen LogP contribution is 2.29. The van der Waals surface area contributed by atoms with Crippen LogP contribution in [0.2, 0.25) is 0 Å². The molecular weight excluding hydrogens is 361 g/mol. The Bertz CT molecular complexity index is 840. The van der Waals surface area contributed by atoms with E-state index in [1.54, 1.807) is 27.0 Å². The van der Waals surface area contributed by atoms with Gasteiger partial charge in [0.25, 0.3) is 0 Å². The van der Waals surface area contributed by atoms with Gasteiger partial charge in [-0.3, -0.25) is 4.98 Å². The zero-order valence-electron chi connectivity index (χ0n) is 15.3. The first-order valence-corrected chi connectivity index (χ1v) is 8.62. The maximum atomic E-state index is 12.9. The molecule has 1 N–H and O–H groups in total. The van der Waals surface area contributed by atoms with E-state index in [1.165, 1.54) is 10.7 Å². The molecule has 2 aromatic heterocycles. The molecule has 2 aromatic rings. The third kappa shape index (κ3) is 4.78. The number of nitrogens with zero attached hydrogens (tertiary/aromatic N) is 3. The summed E-state index contributed by atoms with van der Waals surface area (Å²) in [5, 5.41) is 7.23. The fraction of sp³-hybridized carbons (Fsp3) is 0.500. The lowest BCUT2D eigenvalue weighted by Gasteiger charge is -2.25. The molecule has 9 heteroatoms. The van der Waals surface area contributed by atoms with Crippen LogP contribution in [0.5, 0.6) is 0 Å². The van der Waals surface area contributed by atoms with Crippen molar-refractivity contribution in [3.63, 3.8) is 0 Å². The predicted molar refractivity (Wildman–Crippen MR) is 91.5 cm³/mol. The summed E-state index contributed by atoms with van der Waals surface area (Å²) in [6.07, 6.45) is -0.309. The summed E-state index contributed by atoms with van der Waals surface area (Å²) in [5.41, 5.74) is 0.475. The van der Waals surface area contributed by atoms with Gasteiger partial charge in [-0.1, -0.05) is 0 Å². The Balaban J connectivity index is 1.73. The first-order chi connectivity index (χ1) is 12.5.